The Labute approximate surface area is 161 Å². The molecule has 1 aliphatic rings. The van der Waals surface area contributed by atoms with Crippen LogP contribution in [0.2, 0.25) is 0 Å². The number of aliphatic hydroxyl groups excluding tert-OH is 1. The van der Waals surface area contributed by atoms with E-state index in [4.69, 9.17) is 4.74 Å². The number of aliphatic hydroxyl groups is 1. The first-order valence-corrected chi connectivity index (χ1v) is 9.81. The van der Waals surface area contributed by atoms with E-state index in [1.165, 1.54) is 0 Å². The molecule has 1 aliphatic carbocycles. The first-order chi connectivity index (χ1) is 13.3. The molecule has 0 unspecified atom stereocenters. The van der Waals surface area contributed by atoms with Gasteiger partial charge in [0.05, 0.1) is 12.2 Å². The SMILES string of the molecule is OC1CCC(OC(c2ccccc2)(c2ccccc2)c2ccccc2)CC1. The molecule has 0 heterocycles. The molecule has 27 heavy (non-hydrogen) atoms. The van der Waals surface area contributed by atoms with Gasteiger partial charge < -0.3 is 9.84 Å². The summed E-state index contributed by atoms with van der Waals surface area (Å²) in [5.74, 6) is 0. The average Bonchev–Trinajstić information content (AvgIpc) is 2.75. The molecule has 0 radical (unpaired) electrons. The van der Waals surface area contributed by atoms with E-state index in [-0.39, 0.29) is 12.2 Å². The van der Waals surface area contributed by atoms with E-state index in [0.29, 0.717) is 0 Å². The molecule has 0 atom stereocenters. The summed E-state index contributed by atoms with van der Waals surface area (Å²) >= 11 is 0. The third-order valence-electron chi connectivity index (χ3n) is 5.53. The van der Waals surface area contributed by atoms with Crippen molar-refractivity contribution >= 4 is 0 Å². The van der Waals surface area contributed by atoms with Gasteiger partial charge in [0.2, 0.25) is 0 Å². The first kappa shape index (κ1) is 18.0. The molecule has 1 N–H and O–H groups in total. The van der Waals surface area contributed by atoms with E-state index in [2.05, 4.69) is 72.8 Å². The zero-order chi connectivity index (χ0) is 18.5. The molecular formula is C25H26O2. The lowest BCUT2D eigenvalue weighted by Crippen LogP contribution is -2.38. The summed E-state index contributed by atoms with van der Waals surface area (Å²) in [5.41, 5.74) is 2.74. The quantitative estimate of drug-likeness (QED) is 0.627. The average molecular weight is 358 g/mol. The van der Waals surface area contributed by atoms with Crippen molar-refractivity contribution in [1.82, 2.24) is 0 Å². The van der Waals surface area contributed by atoms with Crippen LogP contribution in [0, 0.1) is 0 Å². The van der Waals surface area contributed by atoms with Crippen molar-refractivity contribution in [2.24, 2.45) is 0 Å². The standard InChI is InChI=1S/C25H26O2/c26-23-16-18-24(19-17-23)27-25(20-10-4-1-5-11-20,21-12-6-2-7-13-21)22-14-8-3-9-15-22/h1-15,23-24,26H,16-19H2. The Balaban J connectivity index is 1.86. The molecule has 4 rings (SSSR count). The molecule has 2 nitrogen and oxygen atoms in total. The zero-order valence-corrected chi connectivity index (χ0v) is 15.5. The topological polar surface area (TPSA) is 29.5 Å². The second-order valence-electron chi connectivity index (χ2n) is 7.33. The maximum atomic E-state index is 9.92. The predicted molar refractivity (Wildman–Crippen MR) is 109 cm³/mol. The highest BCUT2D eigenvalue weighted by Gasteiger charge is 2.40. The van der Waals surface area contributed by atoms with Crippen molar-refractivity contribution in [3.63, 3.8) is 0 Å². The molecular weight excluding hydrogens is 332 g/mol. The number of benzene rings is 3. The molecule has 3 aromatic carbocycles. The third-order valence-corrected chi connectivity index (χ3v) is 5.53. The van der Waals surface area contributed by atoms with Crippen LogP contribution >= 0.6 is 0 Å². The molecule has 2 heteroatoms. The van der Waals surface area contributed by atoms with Gasteiger partial charge in [0, 0.05) is 0 Å². The monoisotopic (exact) mass is 358 g/mol. The summed E-state index contributed by atoms with van der Waals surface area (Å²) in [5, 5.41) is 9.92. The fraction of sp³-hybridized carbons (Fsp3) is 0.280. The molecule has 0 bridgehead atoms. The minimum Gasteiger partial charge on any atom is -0.393 e. The van der Waals surface area contributed by atoms with Crippen molar-refractivity contribution in [2.45, 2.75) is 43.5 Å². The Bertz CT molecular complexity index is 725. The number of ether oxygens (including phenoxy) is 1. The van der Waals surface area contributed by atoms with Crippen LogP contribution in [0.1, 0.15) is 42.4 Å². The van der Waals surface area contributed by atoms with Crippen LogP contribution < -0.4 is 0 Å². The summed E-state index contributed by atoms with van der Waals surface area (Å²) in [7, 11) is 0. The minimum absolute atomic E-state index is 0.119. The lowest BCUT2D eigenvalue weighted by Gasteiger charge is -2.40. The third kappa shape index (κ3) is 3.69. The van der Waals surface area contributed by atoms with Gasteiger partial charge in [-0.1, -0.05) is 91.0 Å². The van der Waals surface area contributed by atoms with Crippen molar-refractivity contribution < 1.29 is 9.84 Å². The van der Waals surface area contributed by atoms with Gasteiger partial charge in [0.25, 0.3) is 0 Å². The van der Waals surface area contributed by atoms with E-state index >= 15 is 0 Å². The molecule has 138 valence electrons. The van der Waals surface area contributed by atoms with Crippen LogP contribution in [-0.4, -0.2) is 17.3 Å². The second kappa shape index (κ2) is 8.08. The maximum absolute atomic E-state index is 9.92. The molecule has 0 aromatic heterocycles. The molecule has 0 amide bonds. The molecule has 0 spiro atoms. The van der Waals surface area contributed by atoms with Gasteiger partial charge in [0.15, 0.2) is 0 Å². The van der Waals surface area contributed by atoms with E-state index in [0.717, 1.165) is 42.4 Å². The fourth-order valence-corrected chi connectivity index (χ4v) is 4.14. The molecule has 1 fully saturated rings. The Morgan fingerprint density at radius 2 is 0.963 bits per heavy atom. The normalized spacial score (nSPS) is 20.3. The van der Waals surface area contributed by atoms with E-state index in [1.54, 1.807) is 0 Å². The summed E-state index contributed by atoms with van der Waals surface area (Å²) in [6, 6.07) is 31.5. The van der Waals surface area contributed by atoms with Crippen LogP contribution in [0.25, 0.3) is 0 Å². The summed E-state index contributed by atoms with van der Waals surface area (Å²) in [6.07, 6.45) is 3.31. The van der Waals surface area contributed by atoms with Gasteiger partial charge in [-0.2, -0.15) is 0 Å². The Morgan fingerprint density at radius 3 is 1.33 bits per heavy atom. The van der Waals surface area contributed by atoms with Crippen molar-refractivity contribution in [3.8, 4) is 0 Å². The minimum atomic E-state index is -0.656. The number of hydrogen-bond acceptors (Lipinski definition) is 2. The zero-order valence-electron chi connectivity index (χ0n) is 15.5. The van der Waals surface area contributed by atoms with E-state index < -0.39 is 5.60 Å². The highest BCUT2D eigenvalue weighted by molar-refractivity contribution is 5.47. The Hall–Kier alpha value is -2.42. The van der Waals surface area contributed by atoms with Crippen LogP contribution in [0.5, 0.6) is 0 Å². The van der Waals surface area contributed by atoms with Gasteiger partial charge in [-0.15, -0.1) is 0 Å². The van der Waals surface area contributed by atoms with Crippen molar-refractivity contribution in [1.29, 1.82) is 0 Å². The van der Waals surface area contributed by atoms with E-state index in [1.807, 2.05) is 18.2 Å². The summed E-state index contributed by atoms with van der Waals surface area (Å²) in [4.78, 5) is 0. The van der Waals surface area contributed by atoms with Crippen LogP contribution in [0.3, 0.4) is 0 Å². The van der Waals surface area contributed by atoms with Gasteiger partial charge in [-0.25, -0.2) is 0 Å². The molecule has 3 aromatic rings. The highest BCUT2D eigenvalue weighted by Crippen LogP contribution is 2.43. The van der Waals surface area contributed by atoms with Gasteiger partial charge in [-0.05, 0) is 42.4 Å². The lowest BCUT2D eigenvalue weighted by atomic mass is 9.79. The Morgan fingerprint density at radius 1 is 0.593 bits per heavy atom. The summed E-state index contributed by atoms with van der Waals surface area (Å²) in [6.45, 7) is 0. The summed E-state index contributed by atoms with van der Waals surface area (Å²) < 4.78 is 6.97. The fourth-order valence-electron chi connectivity index (χ4n) is 4.14. The van der Waals surface area contributed by atoms with Gasteiger partial charge in [0.1, 0.15) is 5.60 Å². The predicted octanol–water partition coefficient (Wildman–Crippen LogP) is 5.30. The van der Waals surface area contributed by atoms with Gasteiger partial charge >= 0.3 is 0 Å². The van der Waals surface area contributed by atoms with Crippen LogP contribution in [-0.2, 0) is 10.3 Å². The molecule has 1 saturated carbocycles. The largest absolute Gasteiger partial charge is 0.393 e. The number of rotatable bonds is 5. The van der Waals surface area contributed by atoms with Gasteiger partial charge in [-0.3, -0.25) is 0 Å². The maximum Gasteiger partial charge on any atom is 0.144 e. The van der Waals surface area contributed by atoms with E-state index in [9.17, 15) is 5.11 Å². The van der Waals surface area contributed by atoms with Crippen molar-refractivity contribution in [3.05, 3.63) is 108 Å². The molecule has 0 aliphatic heterocycles. The lowest BCUT2D eigenvalue weighted by molar-refractivity contribution is -0.0758. The number of hydrogen-bond donors (Lipinski definition) is 1. The first-order valence-electron chi connectivity index (χ1n) is 9.81. The van der Waals surface area contributed by atoms with Crippen LogP contribution in [0.15, 0.2) is 91.0 Å². The van der Waals surface area contributed by atoms with Crippen molar-refractivity contribution in [2.75, 3.05) is 0 Å². The smallest absolute Gasteiger partial charge is 0.144 e. The highest BCUT2D eigenvalue weighted by atomic mass is 16.5. The van der Waals surface area contributed by atoms with Crippen LogP contribution in [0.4, 0.5) is 0 Å². The Kier molecular flexibility index (Phi) is 5.38. The second-order valence-corrected chi connectivity index (χ2v) is 7.33. The molecule has 0 saturated heterocycles.